The van der Waals surface area contributed by atoms with Gasteiger partial charge in [-0.1, -0.05) is 18.2 Å². The number of H-pyrrole nitrogens is 1. The molecular weight excluding hydrogens is 259 g/mol. The first-order chi connectivity index (χ1) is 9.08. The summed E-state index contributed by atoms with van der Waals surface area (Å²) in [7, 11) is 0. The molecule has 3 aromatic rings. The van der Waals surface area contributed by atoms with Crippen molar-refractivity contribution in [3.05, 3.63) is 58.1 Å². The molecule has 0 aliphatic carbocycles. The van der Waals surface area contributed by atoms with Crippen molar-refractivity contribution in [2.75, 3.05) is 0 Å². The van der Waals surface area contributed by atoms with Crippen LogP contribution in [0.3, 0.4) is 0 Å². The van der Waals surface area contributed by atoms with Gasteiger partial charge in [-0.15, -0.1) is 0 Å². The van der Waals surface area contributed by atoms with Gasteiger partial charge in [-0.3, -0.25) is 4.57 Å². The van der Waals surface area contributed by atoms with Crippen molar-refractivity contribution in [3.63, 3.8) is 0 Å². The van der Waals surface area contributed by atoms with E-state index in [0.29, 0.717) is 10.5 Å². The Labute approximate surface area is 115 Å². The molecule has 0 fully saturated rings. The maximum Gasteiger partial charge on any atom is 0.182 e. The summed E-state index contributed by atoms with van der Waals surface area (Å²) in [5.41, 5.74) is 4.28. The third-order valence-corrected chi connectivity index (χ3v) is 3.53. The van der Waals surface area contributed by atoms with Crippen LogP contribution in [0.4, 0.5) is 4.39 Å². The monoisotopic (exact) mass is 272 g/mol. The Kier molecular flexibility index (Phi) is 2.75. The van der Waals surface area contributed by atoms with Gasteiger partial charge in [-0.2, -0.15) is 0 Å². The number of para-hydroxylation sites is 1. The zero-order valence-corrected chi connectivity index (χ0v) is 11.5. The van der Waals surface area contributed by atoms with Crippen LogP contribution in [0.5, 0.6) is 0 Å². The molecule has 2 aromatic carbocycles. The van der Waals surface area contributed by atoms with E-state index in [-0.39, 0.29) is 5.82 Å². The lowest BCUT2D eigenvalue weighted by Crippen LogP contribution is -1.99. The van der Waals surface area contributed by atoms with Crippen LogP contribution in [0.25, 0.3) is 16.7 Å². The van der Waals surface area contributed by atoms with E-state index in [2.05, 4.69) is 4.98 Å². The minimum absolute atomic E-state index is 0.264. The van der Waals surface area contributed by atoms with Crippen molar-refractivity contribution in [1.82, 2.24) is 9.55 Å². The van der Waals surface area contributed by atoms with Crippen LogP contribution in [0.2, 0.25) is 0 Å². The molecule has 0 unspecified atom stereocenters. The molecule has 0 spiro atoms. The lowest BCUT2D eigenvalue weighted by atomic mass is 10.2. The third kappa shape index (κ3) is 1.88. The Morgan fingerprint density at radius 3 is 2.68 bits per heavy atom. The molecule has 0 aliphatic heterocycles. The molecule has 0 radical (unpaired) electrons. The summed E-state index contributed by atoms with van der Waals surface area (Å²) in [5.74, 6) is -0.264. The quantitative estimate of drug-likeness (QED) is 0.649. The number of nitrogens with zero attached hydrogens (tertiary/aromatic N) is 1. The second-order valence-electron chi connectivity index (χ2n) is 4.69. The van der Waals surface area contributed by atoms with Crippen molar-refractivity contribution in [3.8, 4) is 5.69 Å². The van der Waals surface area contributed by atoms with Crippen LogP contribution in [-0.2, 0) is 0 Å². The summed E-state index contributed by atoms with van der Waals surface area (Å²) >= 11 is 5.33. The van der Waals surface area contributed by atoms with Gasteiger partial charge in [-0.05, 0) is 55.4 Å². The van der Waals surface area contributed by atoms with Gasteiger partial charge in [0, 0.05) is 0 Å². The van der Waals surface area contributed by atoms with Crippen molar-refractivity contribution in [1.29, 1.82) is 0 Å². The zero-order chi connectivity index (χ0) is 13.6. The standard InChI is InChI=1S/C15H13FN2S/c1-9-6-7-13(11(16)8-9)18-14-10(2)4-3-5-12(14)17-15(18)19/h3-8H,1-2H3,(H,17,19). The predicted molar refractivity (Wildman–Crippen MR) is 77.9 cm³/mol. The number of aromatic amines is 1. The summed E-state index contributed by atoms with van der Waals surface area (Å²) in [4.78, 5) is 3.12. The van der Waals surface area contributed by atoms with E-state index in [9.17, 15) is 4.39 Å². The number of hydrogen-bond acceptors (Lipinski definition) is 1. The molecule has 0 atom stereocenters. The molecule has 0 saturated heterocycles. The van der Waals surface area contributed by atoms with Gasteiger partial charge in [0.05, 0.1) is 16.7 Å². The van der Waals surface area contributed by atoms with E-state index in [4.69, 9.17) is 12.2 Å². The lowest BCUT2D eigenvalue weighted by molar-refractivity contribution is 0.617. The molecule has 0 bridgehead atoms. The molecule has 1 heterocycles. The van der Waals surface area contributed by atoms with E-state index in [1.165, 1.54) is 6.07 Å². The Morgan fingerprint density at radius 2 is 1.95 bits per heavy atom. The minimum atomic E-state index is -0.264. The highest BCUT2D eigenvalue weighted by molar-refractivity contribution is 7.71. The first-order valence-electron chi connectivity index (χ1n) is 6.05. The smallest absolute Gasteiger partial charge is 0.182 e. The van der Waals surface area contributed by atoms with Crippen LogP contribution in [0.15, 0.2) is 36.4 Å². The third-order valence-electron chi connectivity index (χ3n) is 3.25. The highest BCUT2D eigenvalue weighted by atomic mass is 32.1. The SMILES string of the molecule is Cc1ccc(-n2c(=S)[nH]c3cccc(C)c32)c(F)c1. The fourth-order valence-corrected chi connectivity index (χ4v) is 2.65. The van der Waals surface area contributed by atoms with E-state index in [1.807, 2.05) is 38.1 Å². The number of halogens is 1. The van der Waals surface area contributed by atoms with Crippen LogP contribution in [-0.4, -0.2) is 9.55 Å². The Balaban J connectivity index is 2.42. The Hall–Kier alpha value is -1.94. The fourth-order valence-electron chi connectivity index (χ4n) is 2.35. The zero-order valence-electron chi connectivity index (χ0n) is 10.7. The van der Waals surface area contributed by atoms with E-state index in [0.717, 1.165) is 22.2 Å². The van der Waals surface area contributed by atoms with Crippen LogP contribution in [0, 0.1) is 24.4 Å². The summed E-state index contributed by atoms with van der Waals surface area (Å²) in [6.45, 7) is 3.86. The minimum Gasteiger partial charge on any atom is -0.330 e. The van der Waals surface area contributed by atoms with Crippen molar-refractivity contribution >= 4 is 23.3 Å². The first-order valence-corrected chi connectivity index (χ1v) is 6.45. The van der Waals surface area contributed by atoms with Gasteiger partial charge in [-0.25, -0.2) is 4.39 Å². The van der Waals surface area contributed by atoms with Crippen molar-refractivity contribution in [2.24, 2.45) is 0 Å². The van der Waals surface area contributed by atoms with Gasteiger partial charge >= 0.3 is 0 Å². The molecule has 0 amide bonds. The van der Waals surface area contributed by atoms with Gasteiger partial charge in [0.25, 0.3) is 0 Å². The van der Waals surface area contributed by atoms with Gasteiger partial charge < -0.3 is 4.98 Å². The first kappa shape index (κ1) is 12.1. The largest absolute Gasteiger partial charge is 0.330 e. The van der Waals surface area contributed by atoms with Crippen molar-refractivity contribution < 1.29 is 4.39 Å². The molecule has 2 nitrogen and oxygen atoms in total. The number of aryl methyl sites for hydroxylation is 2. The average molecular weight is 272 g/mol. The topological polar surface area (TPSA) is 20.7 Å². The Bertz CT molecular complexity index is 830. The van der Waals surface area contributed by atoms with Gasteiger partial charge in [0.15, 0.2) is 4.77 Å². The maximum atomic E-state index is 14.2. The summed E-state index contributed by atoms with van der Waals surface area (Å²) in [6, 6.07) is 11.1. The van der Waals surface area contributed by atoms with E-state index >= 15 is 0 Å². The number of hydrogen-bond donors (Lipinski definition) is 1. The second-order valence-corrected chi connectivity index (χ2v) is 5.08. The number of imidazole rings is 1. The highest BCUT2D eigenvalue weighted by Crippen LogP contribution is 2.24. The van der Waals surface area contributed by atoms with Crippen LogP contribution < -0.4 is 0 Å². The molecule has 19 heavy (non-hydrogen) atoms. The fraction of sp³-hybridized carbons (Fsp3) is 0.133. The number of benzene rings is 2. The molecule has 3 rings (SSSR count). The predicted octanol–water partition coefficient (Wildman–Crippen LogP) is 4.44. The molecule has 1 N–H and O–H groups in total. The van der Waals surface area contributed by atoms with Crippen LogP contribution >= 0.6 is 12.2 Å². The summed E-state index contributed by atoms with van der Waals surface area (Å²) < 4.78 is 16.4. The van der Waals surface area contributed by atoms with Gasteiger partial charge in [0.2, 0.25) is 0 Å². The number of nitrogens with one attached hydrogen (secondary N) is 1. The highest BCUT2D eigenvalue weighted by Gasteiger charge is 2.12. The number of aromatic nitrogens is 2. The van der Waals surface area contributed by atoms with Gasteiger partial charge in [0.1, 0.15) is 5.82 Å². The van der Waals surface area contributed by atoms with E-state index < -0.39 is 0 Å². The molecule has 0 aliphatic rings. The van der Waals surface area contributed by atoms with Crippen LogP contribution in [0.1, 0.15) is 11.1 Å². The second kappa shape index (κ2) is 4.31. The number of rotatable bonds is 1. The molecule has 1 aromatic heterocycles. The lowest BCUT2D eigenvalue weighted by Gasteiger charge is -2.08. The normalized spacial score (nSPS) is 11.1. The average Bonchev–Trinajstić information content (AvgIpc) is 2.67. The molecule has 0 saturated carbocycles. The number of fused-ring (bicyclic) bond motifs is 1. The van der Waals surface area contributed by atoms with Crippen molar-refractivity contribution in [2.45, 2.75) is 13.8 Å². The summed E-state index contributed by atoms with van der Waals surface area (Å²) in [5, 5.41) is 0. The molecule has 96 valence electrons. The summed E-state index contributed by atoms with van der Waals surface area (Å²) in [6.07, 6.45) is 0. The molecular formula is C15H13FN2S. The maximum absolute atomic E-state index is 14.2. The van der Waals surface area contributed by atoms with E-state index in [1.54, 1.807) is 10.6 Å². The molecule has 4 heteroatoms. The Morgan fingerprint density at radius 1 is 1.16 bits per heavy atom.